The van der Waals surface area contributed by atoms with Gasteiger partial charge >= 0.3 is 0 Å². The van der Waals surface area contributed by atoms with Crippen LogP contribution in [-0.2, 0) is 14.8 Å². The third-order valence-corrected chi connectivity index (χ3v) is 6.49. The molecule has 1 N–H and O–H groups in total. The molecule has 3 rings (SSSR count). The molecule has 0 atom stereocenters. The Bertz CT molecular complexity index is 1250. The van der Waals surface area contributed by atoms with E-state index in [1.54, 1.807) is 43.5 Å². The van der Waals surface area contributed by atoms with Crippen molar-refractivity contribution in [2.75, 3.05) is 37.4 Å². The van der Waals surface area contributed by atoms with E-state index in [1.807, 2.05) is 30.3 Å². The predicted molar refractivity (Wildman–Crippen MR) is 141 cm³/mol. The lowest BCUT2D eigenvalue weighted by Crippen LogP contribution is -2.33. The fraction of sp³-hybridized carbons (Fsp3) is 0.269. The standard InChI is InChI=1S/C26H29ClN2O6S/c1-33-24-11-6-7-12-25(24)34-18-16-28-26(30)13-8-17-29(36(2,31)32)22-19-20(27)14-15-23(22)35-21-9-4-3-5-10-21/h3-7,9-12,14-15,19H,8,13,16-18H2,1-2H3,(H,28,30). The van der Waals surface area contributed by atoms with Crippen LogP contribution in [0.2, 0.25) is 5.02 Å². The average Bonchev–Trinajstić information content (AvgIpc) is 2.86. The van der Waals surface area contributed by atoms with Crippen molar-refractivity contribution in [3.8, 4) is 23.0 Å². The van der Waals surface area contributed by atoms with E-state index in [2.05, 4.69) is 5.32 Å². The Kier molecular flexibility index (Phi) is 9.84. The van der Waals surface area contributed by atoms with Gasteiger partial charge in [-0.15, -0.1) is 0 Å². The number of carbonyl (C=O) groups excluding carboxylic acids is 1. The molecule has 0 saturated carbocycles. The van der Waals surface area contributed by atoms with E-state index in [9.17, 15) is 13.2 Å². The summed E-state index contributed by atoms with van der Waals surface area (Å²) in [5.74, 6) is 1.89. The fourth-order valence-corrected chi connectivity index (χ4v) is 4.54. The minimum atomic E-state index is -3.67. The number of amides is 1. The van der Waals surface area contributed by atoms with Gasteiger partial charge in [-0.2, -0.15) is 0 Å². The summed E-state index contributed by atoms with van der Waals surface area (Å²) in [4.78, 5) is 12.3. The maximum atomic E-state index is 12.6. The summed E-state index contributed by atoms with van der Waals surface area (Å²) in [5, 5.41) is 3.14. The number of sulfonamides is 1. The smallest absolute Gasteiger partial charge is 0.232 e. The molecule has 8 nitrogen and oxygen atoms in total. The first kappa shape index (κ1) is 27.2. The first-order chi connectivity index (χ1) is 17.3. The van der Waals surface area contributed by atoms with E-state index in [-0.39, 0.29) is 25.5 Å². The largest absolute Gasteiger partial charge is 0.493 e. The lowest BCUT2D eigenvalue weighted by Gasteiger charge is -2.25. The van der Waals surface area contributed by atoms with Crippen LogP contribution in [0.5, 0.6) is 23.0 Å². The van der Waals surface area contributed by atoms with E-state index in [0.29, 0.717) is 46.7 Å². The molecular weight excluding hydrogens is 504 g/mol. The number of nitrogens with one attached hydrogen (secondary N) is 1. The van der Waals surface area contributed by atoms with Gasteiger partial charge in [0.2, 0.25) is 15.9 Å². The normalized spacial score (nSPS) is 11.0. The third kappa shape index (κ3) is 8.07. The molecule has 0 bridgehead atoms. The molecular formula is C26H29ClN2O6S. The van der Waals surface area contributed by atoms with Gasteiger partial charge in [0, 0.05) is 18.0 Å². The van der Waals surface area contributed by atoms with Gasteiger partial charge in [0.1, 0.15) is 12.4 Å². The Hall–Kier alpha value is -3.43. The lowest BCUT2D eigenvalue weighted by atomic mass is 10.2. The van der Waals surface area contributed by atoms with Gasteiger partial charge in [-0.3, -0.25) is 9.10 Å². The topological polar surface area (TPSA) is 94.2 Å². The van der Waals surface area contributed by atoms with Gasteiger partial charge < -0.3 is 19.5 Å². The zero-order valence-corrected chi connectivity index (χ0v) is 21.7. The van der Waals surface area contributed by atoms with Crippen molar-refractivity contribution in [3.05, 3.63) is 77.8 Å². The molecule has 0 heterocycles. The second-order valence-electron chi connectivity index (χ2n) is 7.82. The molecule has 36 heavy (non-hydrogen) atoms. The van der Waals surface area contributed by atoms with Crippen molar-refractivity contribution in [1.82, 2.24) is 5.32 Å². The molecule has 0 fully saturated rings. The van der Waals surface area contributed by atoms with Gasteiger partial charge in [0.15, 0.2) is 17.2 Å². The van der Waals surface area contributed by atoms with Gasteiger partial charge in [-0.1, -0.05) is 41.9 Å². The third-order valence-electron chi connectivity index (χ3n) is 5.08. The minimum absolute atomic E-state index is 0.0788. The zero-order chi connectivity index (χ0) is 26.0. The second-order valence-corrected chi connectivity index (χ2v) is 10.2. The first-order valence-corrected chi connectivity index (χ1v) is 13.5. The van der Waals surface area contributed by atoms with Crippen molar-refractivity contribution < 1.29 is 27.4 Å². The van der Waals surface area contributed by atoms with E-state index < -0.39 is 10.0 Å². The molecule has 0 aromatic heterocycles. The first-order valence-electron chi connectivity index (χ1n) is 11.3. The highest BCUT2D eigenvalue weighted by Gasteiger charge is 2.22. The van der Waals surface area contributed by atoms with Crippen LogP contribution in [0.4, 0.5) is 5.69 Å². The fourth-order valence-electron chi connectivity index (χ4n) is 3.41. The lowest BCUT2D eigenvalue weighted by molar-refractivity contribution is -0.121. The summed E-state index contributed by atoms with van der Waals surface area (Å²) in [5.41, 5.74) is 0.305. The van der Waals surface area contributed by atoms with Crippen LogP contribution in [0, 0.1) is 0 Å². The van der Waals surface area contributed by atoms with Crippen molar-refractivity contribution in [3.63, 3.8) is 0 Å². The van der Waals surface area contributed by atoms with Crippen LogP contribution in [0.25, 0.3) is 0 Å². The summed E-state index contributed by atoms with van der Waals surface area (Å²) in [6, 6.07) is 21.1. The van der Waals surface area contributed by atoms with Crippen LogP contribution >= 0.6 is 11.6 Å². The Morgan fingerprint density at radius 1 is 0.972 bits per heavy atom. The number of para-hydroxylation sites is 3. The molecule has 0 aliphatic rings. The Morgan fingerprint density at radius 3 is 2.36 bits per heavy atom. The van der Waals surface area contributed by atoms with Crippen molar-refractivity contribution in [2.24, 2.45) is 0 Å². The summed E-state index contributed by atoms with van der Waals surface area (Å²) < 4.78 is 43.2. The van der Waals surface area contributed by atoms with E-state index >= 15 is 0 Å². The second kappa shape index (κ2) is 13.0. The monoisotopic (exact) mass is 532 g/mol. The number of carbonyl (C=O) groups is 1. The molecule has 10 heteroatoms. The Labute approximate surface area is 216 Å². The van der Waals surface area contributed by atoms with Crippen molar-refractivity contribution >= 4 is 33.2 Å². The maximum absolute atomic E-state index is 12.6. The van der Waals surface area contributed by atoms with Gasteiger partial charge in [-0.25, -0.2) is 8.42 Å². The molecule has 192 valence electrons. The van der Waals surface area contributed by atoms with Crippen LogP contribution in [-0.4, -0.2) is 47.4 Å². The van der Waals surface area contributed by atoms with Crippen molar-refractivity contribution in [2.45, 2.75) is 12.8 Å². The Balaban J connectivity index is 1.57. The molecule has 1 amide bonds. The molecule has 0 aliphatic heterocycles. The number of methoxy groups -OCH3 is 1. The SMILES string of the molecule is COc1ccccc1OCCNC(=O)CCCN(c1cc(Cl)ccc1Oc1ccccc1)S(C)(=O)=O. The highest BCUT2D eigenvalue weighted by molar-refractivity contribution is 7.92. The Morgan fingerprint density at radius 2 is 1.67 bits per heavy atom. The number of hydrogen-bond donors (Lipinski definition) is 1. The number of anilines is 1. The number of benzene rings is 3. The van der Waals surface area contributed by atoms with Gasteiger partial charge in [-0.05, 0) is 48.9 Å². The number of nitrogens with zero attached hydrogens (tertiary/aromatic N) is 1. The molecule has 0 spiro atoms. The van der Waals surface area contributed by atoms with Gasteiger partial charge in [0.05, 0.1) is 25.6 Å². The van der Waals surface area contributed by atoms with E-state index in [4.69, 9.17) is 25.8 Å². The van der Waals surface area contributed by atoms with E-state index in [0.717, 1.165) is 6.26 Å². The quantitative estimate of drug-likeness (QED) is 0.315. The molecule has 0 radical (unpaired) electrons. The molecule has 0 unspecified atom stereocenters. The van der Waals surface area contributed by atoms with Gasteiger partial charge in [0.25, 0.3) is 0 Å². The maximum Gasteiger partial charge on any atom is 0.232 e. The summed E-state index contributed by atoms with van der Waals surface area (Å²) >= 11 is 6.17. The minimum Gasteiger partial charge on any atom is -0.493 e. The number of rotatable bonds is 13. The van der Waals surface area contributed by atoms with E-state index in [1.165, 1.54) is 10.4 Å². The highest BCUT2D eigenvalue weighted by Crippen LogP contribution is 2.36. The van der Waals surface area contributed by atoms with Crippen molar-refractivity contribution in [1.29, 1.82) is 0 Å². The molecule has 0 aliphatic carbocycles. The summed E-state index contributed by atoms with van der Waals surface area (Å²) in [6.45, 7) is 0.649. The molecule has 3 aromatic rings. The summed E-state index contributed by atoms with van der Waals surface area (Å²) in [7, 11) is -2.12. The number of halogens is 1. The van der Waals surface area contributed by atoms with Crippen LogP contribution < -0.4 is 23.8 Å². The molecule has 0 saturated heterocycles. The summed E-state index contributed by atoms with van der Waals surface area (Å²) in [6.07, 6.45) is 1.54. The van der Waals surface area contributed by atoms with Crippen LogP contribution in [0.15, 0.2) is 72.8 Å². The zero-order valence-electron chi connectivity index (χ0n) is 20.1. The van der Waals surface area contributed by atoms with Crippen LogP contribution in [0.1, 0.15) is 12.8 Å². The van der Waals surface area contributed by atoms with Crippen LogP contribution in [0.3, 0.4) is 0 Å². The number of hydrogen-bond acceptors (Lipinski definition) is 6. The average molecular weight is 533 g/mol. The predicted octanol–water partition coefficient (Wildman–Crippen LogP) is 4.88. The molecule has 3 aromatic carbocycles. The number of ether oxygens (including phenoxy) is 3. The highest BCUT2D eigenvalue weighted by atomic mass is 35.5.